The summed E-state index contributed by atoms with van der Waals surface area (Å²) >= 11 is 6.06. The minimum atomic E-state index is -0.358. The summed E-state index contributed by atoms with van der Waals surface area (Å²) in [7, 11) is 1.63. The Bertz CT molecular complexity index is 1350. The monoisotopic (exact) mass is 460 g/mol. The van der Waals surface area contributed by atoms with E-state index >= 15 is 0 Å². The second-order valence-corrected chi connectivity index (χ2v) is 9.09. The van der Waals surface area contributed by atoms with Gasteiger partial charge in [-0.3, -0.25) is 9.69 Å². The normalized spacial score (nSPS) is 19.8. The number of piperazine rings is 1. The fourth-order valence-electron chi connectivity index (χ4n) is 4.77. The first kappa shape index (κ1) is 22.8. The minimum Gasteiger partial charge on any atom is -0.363 e. The lowest BCUT2D eigenvalue weighted by atomic mass is 9.99. The Labute approximate surface area is 198 Å². The summed E-state index contributed by atoms with van der Waals surface area (Å²) in [6.07, 6.45) is 0. The Morgan fingerprint density at radius 3 is 2.39 bits per heavy atom. The van der Waals surface area contributed by atoms with Crippen LogP contribution in [-0.4, -0.2) is 39.6 Å². The first-order chi connectivity index (χ1) is 15.8. The quantitative estimate of drug-likeness (QED) is 0.587. The van der Waals surface area contributed by atoms with Crippen molar-refractivity contribution in [3.63, 3.8) is 0 Å². The van der Waals surface area contributed by atoms with Crippen LogP contribution >= 0.6 is 11.6 Å². The number of fused-ring (bicyclic) bond motifs is 1. The summed E-state index contributed by atoms with van der Waals surface area (Å²) in [6, 6.07) is 15.7. The van der Waals surface area contributed by atoms with Gasteiger partial charge in [-0.05, 0) is 50.6 Å². The van der Waals surface area contributed by atoms with E-state index in [4.69, 9.17) is 11.6 Å². The molecule has 0 bridgehead atoms. The molecular formula is C25H25ClN6O. The third kappa shape index (κ3) is 3.95. The maximum atomic E-state index is 13.0. The fourth-order valence-corrected chi connectivity index (χ4v) is 4.90. The SMILES string of the molecule is CC(c1ccc(Cl)cc1)N1C[C@H](C)N(c2c(C#N)c(=O)n(C)c3ccc(C#N)nc23)C[C@H]1C. The summed E-state index contributed by atoms with van der Waals surface area (Å²) in [5, 5.41) is 20.0. The molecule has 1 aliphatic heterocycles. The number of halogens is 1. The highest BCUT2D eigenvalue weighted by molar-refractivity contribution is 6.30. The molecule has 1 saturated heterocycles. The molecule has 0 amide bonds. The molecule has 8 heteroatoms. The van der Waals surface area contributed by atoms with Gasteiger partial charge in [0.15, 0.2) is 0 Å². The molecule has 3 aromatic rings. The highest BCUT2D eigenvalue weighted by atomic mass is 35.5. The highest BCUT2D eigenvalue weighted by Gasteiger charge is 2.35. The number of pyridine rings is 2. The molecule has 0 radical (unpaired) electrons. The third-order valence-corrected chi connectivity index (χ3v) is 6.86. The second kappa shape index (κ2) is 8.86. The molecule has 0 aliphatic carbocycles. The van der Waals surface area contributed by atoms with Crippen LogP contribution < -0.4 is 10.5 Å². The van der Waals surface area contributed by atoms with Gasteiger partial charge < -0.3 is 9.47 Å². The topological polar surface area (TPSA) is 89.0 Å². The van der Waals surface area contributed by atoms with E-state index in [0.29, 0.717) is 28.3 Å². The van der Waals surface area contributed by atoms with Crippen LogP contribution in [0.5, 0.6) is 0 Å². The first-order valence-corrected chi connectivity index (χ1v) is 11.3. The lowest BCUT2D eigenvalue weighted by Gasteiger charge is -2.48. The Morgan fingerprint density at radius 1 is 1.06 bits per heavy atom. The van der Waals surface area contributed by atoms with Crippen molar-refractivity contribution in [1.29, 1.82) is 10.5 Å². The van der Waals surface area contributed by atoms with Crippen molar-refractivity contribution in [3.8, 4) is 12.1 Å². The number of benzene rings is 1. The van der Waals surface area contributed by atoms with Gasteiger partial charge in [0.05, 0.1) is 11.2 Å². The van der Waals surface area contributed by atoms with Gasteiger partial charge in [-0.25, -0.2) is 4.98 Å². The van der Waals surface area contributed by atoms with Crippen LogP contribution in [0.1, 0.15) is 43.6 Å². The van der Waals surface area contributed by atoms with Gasteiger partial charge in [0, 0.05) is 43.3 Å². The Kier molecular flexibility index (Phi) is 6.12. The van der Waals surface area contributed by atoms with E-state index in [1.165, 1.54) is 10.1 Å². The Morgan fingerprint density at radius 2 is 1.76 bits per heavy atom. The van der Waals surface area contributed by atoms with Crippen LogP contribution in [0.15, 0.2) is 41.2 Å². The zero-order valence-electron chi connectivity index (χ0n) is 19.1. The molecule has 0 saturated carbocycles. The second-order valence-electron chi connectivity index (χ2n) is 8.65. The predicted molar refractivity (Wildman–Crippen MR) is 129 cm³/mol. The van der Waals surface area contributed by atoms with Gasteiger partial charge in [-0.2, -0.15) is 10.5 Å². The van der Waals surface area contributed by atoms with Crippen molar-refractivity contribution < 1.29 is 0 Å². The van der Waals surface area contributed by atoms with Crippen molar-refractivity contribution in [2.45, 2.75) is 38.9 Å². The van der Waals surface area contributed by atoms with Crippen molar-refractivity contribution in [2.75, 3.05) is 18.0 Å². The summed E-state index contributed by atoms with van der Waals surface area (Å²) in [6.45, 7) is 7.77. The molecule has 0 spiro atoms. The Hall–Kier alpha value is -3.39. The predicted octanol–water partition coefficient (Wildman–Crippen LogP) is 3.99. The fraction of sp³-hybridized carbons (Fsp3) is 0.360. The average Bonchev–Trinajstić information content (AvgIpc) is 2.82. The van der Waals surface area contributed by atoms with Crippen molar-refractivity contribution in [3.05, 3.63) is 68.6 Å². The average molecular weight is 461 g/mol. The van der Waals surface area contributed by atoms with Gasteiger partial charge in [0.2, 0.25) is 0 Å². The molecule has 4 rings (SSSR count). The smallest absolute Gasteiger partial charge is 0.270 e. The van der Waals surface area contributed by atoms with E-state index < -0.39 is 0 Å². The summed E-state index contributed by atoms with van der Waals surface area (Å²) in [5.41, 5.74) is 2.77. The van der Waals surface area contributed by atoms with Gasteiger partial charge in [-0.15, -0.1) is 0 Å². The number of nitrogens with zero attached hydrogens (tertiary/aromatic N) is 6. The van der Waals surface area contributed by atoms with E-state index in [0.717, 1.165) is 6.54 Å². The number of aromatic nitrogens is 2. The molecule has 7 nitrogen and oxygen atoms in total. The zero-order chi connectivity index (χ0) is 23.9. The van der Waals surface area contributed by atoms with E-state index in [1.54, 1.807) is 19.2 Å². The molecule has 33 heavy (non-hydrogen) atoms. The van der Waals surface area contributed by atoms with Crippen LogP contribution in [0.4, 0.5) is 5.69 Å². The highest BCUT2D eigenvalue weighted by Crippen LogP contribution is 2.34. The number of hydrogen-bond acceptors (Lipinski definition) is 6. The zero-order valence-corrected chi connectivity index (χ0v) is 19.8. The number of aryl methyl sites for hydroxylation is 1. The van der Waals surface area contributed by atoms with Gasteiger partial charge in [0.1, 0.15) is 28.9 Å². The Balaban J connectivity index is 1.78. The molecule has 1 aliphatic rings. The van der Waals surface area contributed by atoms with Crippen molar-refractivity contribution in [2.24, 2.45) is 7.05 Å². The molecule has 0 N–H and O–H groups in total. The largest absolute Gasteiger partial charge is 0.363 e. The molecule has 168 valence electrons. The number of anilines is 1. The summed E-state index contributed by atoms with van der Waals surface area (Å²) < 4.78 is 1.43. The maximum Gasteiger partial charge on any atom is 0.270 e. The van der Waals surface area contributed by atoms with Crippen molar-refractivity contribution in [1.82, 2.24) is 14.5 Å². The molecule has 1 fully saturated rings. The summed E-state index contributed by atoms with van der Waals surface area (Å²) in [5.74, 6) is 0. The van der Waals surface area contributed by atoms with E-state index in [2.05, 4.69) is 47.7 Å². The lowest BCUT2D eigenvalue weighted by molar-refractivity contribution is 0.119. The molecule has 1 aromatic carbocycles. The van der Waals surface area contributed by atoms with Crippen molar-refractivity contribution >= 4 is 28.3 Å². The lowest BCUT2D eigenvalue weighted by Crippen LogP contribution is -2.57. The number of nitriles is 2. The van der Waals surface area contributed by atoms with Gasteiger partial charge >= 0.3 is 0 Å². The molecular weight excluding hydrogens is 436 g/mol. The first-order valence-electron chi connectivity index (χ1n) is 10.9. The minimum absolute atomic E-state index is 0.0194. The number of rotatable bonds is 3. The van der Waals surface area contributed by atoms with Crippen LogP contribution in [0.2, 0.25) is 5.02 Å². The molecule has 3 heterocycles. The van der Waals surface area contributed by atoms with Crippen LogP contribution in [0.3, 0.4) is 0 Å². The standard InChI is InChI=1S/C25H25ClN6O/c1-15-14-32(16(2)13-31(15)17(3)18-5-7-19(26)8-6-18)24-21(12-28)25(33)30(4)22-10-9-20(11-27)29-23(22)24/h5-10,15-17H,13-14H2,1-4H3/t15-,16+,17?/m1/s1. The van der Waals surface area contributed by atoms with Crippen LogP contribution in [0, 0.1) is 22.7 Å². The van der Waals surface area contributed by atoms with E-state index in [-0.39, 0.29) is 34.9 Å². The maximum absolute atomic E-state index is 13.0. The molecule has 2 aromatic heterocycles. The van der Waals surface area contributed by atoms with Crippen LogP contribution in [0.25, 0.3) is 11.0 Å². The van der Waals surface area contributed by atoms with Gasteiger partial charge in [-0.1, -0.05) is 23.7 Å². The molecule has 1 unspecified atom stereocenters. The third-order valence-electron chi connectivity index (χ3n) is 6.61. The van der Waals surface area contributed by atoms with E-state index in [1.807, 2.05) is 24.3 Å². The summed E-state index contributed by atoms with van der Waals surface area (Å²) in [4.78, 5) is 22.0. The van der Waals surface area contributed by atoms with E-state index in [9.17, 15) is 15.3 Å². The molecule has 3 atom stereocenters. The van der Waals surface area contributed by atoms with Gasteiger partial charge in [0.25, 0.3) is 5.56 Å². The number of hydrogen-bond donors (Lipinski definition) is 0. The van der Waals surface area contributed by atoms with Crippen LogP contribution in [-0.2, 0) is 7.05 Å².